The highest BCUT2D eigenvalue weighted by atomic mass is 32.2. The van der Waals surface area contributed by atoms with E-state index in [4.69, 9.17) is 0 Å². The maximum absolute atomic E-state index is 13.0. The molecule has 0 aromatic heterocycles. The number of amides is 1. The Balaban J connectivity index is 1.74. The second-order valence-corrected chi connectivity index (χ2v) is 9.81. The van der Waals surface area contributed by atoms with E-state index in [0.717, 1.165) is 50.9 Å². The lowest BCUT2D eigenvalue weighted by Gasteiger charge is -2.32. The molecular formula is C20H30N2O3S. The molecule has 1 aliphatic carbocycles. The largest absolute Gasteiger partial charge is 0.349 e. The summed E-state index contributed by atoms with van der Waals surface area (Å²) in [5, 5.41) is 3.08. The third-order valence-corrected chi connectivity index (χ3v) is 7.81. The number of benzene rings is 1. The molecule has 6 heteroatoms. The smallest absolute Gasteiger partial charge is 0.251 e. The standard InChI is InChI=1S/C20H30N2O3S/c1-15-9-11-18(12-10-15)21-20(23)17-7-5-8-19(14-17)26(24,25)22-13-4-3-6-16(22)2/h5,7-8,14-16,18H,3-4,6,9-13H2,1-2H3,(H,21,23). The Hall–Kier alpha value is -1.40. The van der Waals surface area contributed by atoms with Crippen molar-refractivity contribution in [1.82, 2.24) is 9.62 Å². The van der Waals surface area contributed by atoms with E-state index in [1.165, 1.54) is 6.07 Å². The Kier molecular flexibility index (Phi) is 6.03. The van der Waals surface area contributed by atoms with Gasteiger partial charge in [0.1, 0.15) is 0 Å². The maximum Gasteiger partial charge on any atom is 0.251 e. The quantitative estimate of drug-likeness (QED) is 0.871. The molecule has 1 aromatic rings. The van der Waals surface area contributed by atoms with Gasteiger partial charge in [0.15, 0.2) is 0 Å². The number of hydrogen-bond donors (Lipinski definition) is 1. The lowest BCUT2D eigenvalue weighted by Crippen LogP contribution is -2.42. The van der Waals surface area contributed by atoms with Gasteiger partial charge in [0.25, 0.3) is 5.91 Å². The van der Waals surface area contributed by atoms with Gasteiger partial charge in [0.2, 0.25) is 10.0 Å². The van der Waals surface area contributed by atoms with Crippen LogP contribution < -0.4 is 5.32 Å². The Bertz CT molecular complexity index is 739. The summed E-state index contributed by atoms with van der Waals surface area (Å²) in [6, 6.07) is 6.68. The molecule has 2 fully saturated rings. The molecule has 0 bridgehead atoms. The molecule has 1 saturated carbocycles. The van der Waals surface area contributed by atoms with Crippen LogP contribution in [0.3, 0.4) is 0 Å². The van der Waals surface area contributed by atoms with E-state index in [0.29, 0.717) is 12.1 Å². The predicted octanol–water partition coefficient (Wildman–Crippen LogP) is 3.56. The summed E-state index contributed by atoms with van der Waals surface area (Å²) in [5.74, 6) is 0.552. The molecule has 3 rings (SSSR count). The van der Waals surface area contributed by atoms with Crippen LogP contribution in [0.25, 0.3) is 0 Å². The first-order valence-electron chi connectivity index (χ1n) is 9.80. The number of rotatable bonds is 4. The minimum Gasteiger partial charge on any atom is -0.349 e. The molecule has 1 aliphatic heterocycles. The zero-order valence-corrected chi connectivity index (χ0v) is 16.6. The highest BCUT2D eigenvalue weighted by molar-refractivity contribution is 7.89. The van der Waals surface area contributed by atoms with E-state index in [2.05, 4.69) is 12.2 Å². The predicted molar refractivity (Wildman–Crippen MR) is 103 cm³/mol. The summed E-state index contributed by atoms with van der Waals surface area (Å²) >= 11 is 0. The summed E-state index contributed by atoms with van der Waals surface area (Å²) in [5.41, 5.74) is 0.425. The van der Waals surface area contributed by atoms with Gasteiger partial charge in [0.05, 0.1) is 4.90 Å². The zero-order chi connectivity index (χ0) is 18.7. The number of piperidine rings is 1. The molecule has 1 saturated heterocycles. The number of nitrogens with zero attached hydrogens (tertiary/aromatic N) is 1. The normalized spacial score (nSPS) is 27.8. The SMILES string of the molecule is CC1CCC(NC(=O)c2cccc(S(=O)(=O)N3CCCCC3C)c2)CC1. The number of carbonyl (C=O) groups excluding carboxylic acids is 1. The van der Waals surface area contributed by atoms with Crippen LogP contribution in [0.5, 0.6) is 0 Å². The molecule has 1 amide bonds. The molecular weight excluding hydrogens is 348 g/mol. The van der Waals surface area contributed by atoms with Crippen LogP contribution >= 0.6 is 0 Å². The van der Waals surface area contributed by atoms with Crippen molar-refractivity contribution in [2.45, 2.75) is 75.8 Å². The first-order valence-corrected chi connectivity index (χ1v) is 11.2. The number of sulfonamides is 1. The summed E-state index contributed by atoms with van der Waals surface area (Å²) in [4.78, 5) is 12.8. The summed E-state index contributed by atoms with van der Waals surface area (Å²) in [7, 11) is -3.55. The van der Waals surface area contributed by atoms with Gasteiger partial charge < -0.3 is 5.32 Å². The third kappa shape index (κ3) is 4.29. The topological polar surface area (TPSA) is 66.5 Å². The van der Waals surface area contributed by atoms with Crippen molar-refractivity contribution in [3.8, 4) is 0 Å². The molecule has 1 atom stereocenters. The highest BCUT2D eigenvalue weighted by Crippen LogP contribution is 2.26. The van der Waals surface area contributed by atoms with Crippen LogP contribution in [-0.4, -0.2) is 37.3 Å². The van der Waals surface area contributed by atoms with Crippen LogP contribution in [0, 0.1) is 5.92 Å². The molecule has 0 radical (unpaired) electrons. The molecule has 1 unspecified atom stereocenters. The first kappa shape index (κ1) is 19.4. The van der Waals surface area contributed by atoms with Crippen LogP contribution in [0.1, 0.15) is 69.2 Å². The van der Waals surface area contributed by atoms with Gasteiger partial charge in [-0.15, -0.1) is 0 Å². The van der Waals surface area contributed by atoms with E-state index >= 15 is 0 Å². The average Bonchev–Trinajstić information content (AvgIpc) is 2.64. The molecule has 1 aromatic carbocycles. The summed E-state index contributed by atoms with van der Waals surface area (Å²) in [6.07, 6.45) is 7.10. The second-order valence-electron chi connectivity index (χ2n) is 7.92. The van der Waals surface area contributed by atoms with Crippen molar-refractivity contribution in [2.24, 2.45) is 5.92 Å². The van der Waals surface area contributed by atoms with Crippen molar-refractivity contribution < 1.29 is 13.2 Å². The fraction of sp³-hybridized carbons (Fsp3) is 0.650. The van der Waals surface area contributed by atoms with E-state index in [1.807, 2.05) is 6.92 Å². The van der Waals surface area contributed by atoms with Crippen molar-refractivity contribution in [3.05, 3.63) is 29.8 Å². The van der Waals surface area contributed by atoms with E-state index in [9.17, 15) is 13.2 Å². The van der Waals surface area contributed by atoms with E-state index in [1.54, 1.807) is 22.5 Å². The molecule has 2 aliphatic rings. The van der Waals surface area contributed by atoms with E-state index in [-0.39, 0.29) is 22.9 Å². The van der Waals surface area contributed by atoms with E-state index < -0.39 is 10.0 Å². The lowest BCUT2D eigenvalue weighted by atomic mass is 9.87. The average molecular weight is 379 g/mol. The summed E-state index contributed by atoms with van der Waals surface area (Å²) in [6.45, 7) is 4.76. The highest BCUT2D eigenvalue weighted by Gasteiger charge is 2.31. The van der Waals surface area contributed by atoms with Gasteiger partial charge in [-0.25, -0.2) is 8.42 Å². The Morgan fingerprint density at radius 2 is 1.81 bits per heavy atom. The van der Waals surface area contributed by atoms with Crippen LogP contribution in [0.2, 0.25) is 0 Å². The zero-order valence-electron chi connectivity index (χ0n) is 15.8. The van der Waals surface area contributed by atoms with Crippen molar-refractivity contribution in [3.63, 3.8) is 0 Å². The first-order chi connectivity index (χ1) is 12.4. The monoisotopic (exact) mass is 378 g/mol. The lowest BCUT2D eigenvalue weighted by molar-refractivity contribution is 0.0923. The van der Waals surface area contributed by atoms with Gasteiger partial charge in [-0.1, -0.05) is 19.4 Å². The Morgan fingerprint density at radius 3 is 2.50 bits per heavy atom. The van der Waals surface area contributed by atoms with Crippen LogP contribution in [-0.2, 0) is 10.0 Å². The number of hydrogen-bond acceptors (Lipinski definition) is 3. The molecule has 144 valence electrons. The van der Waals surface area contributed by atoms with Gasteiger partial charge in [0, 0.05) is 24.2 Å². The number of nitrogens with one attached hydrogen (secondary N) is 1. The van der Waals surface area contributed by atoms with Crippen molar-refractivity contribution in [1.29, 1.82) is 0 Å². The van der Waals surface area contributed by atoms with Crippen molar-refractivity contribution in [2.75, 3.05) is 6.54 Å². The fourth-order valence-corrected chi connectivity index (χ4v) is 5.78. The maximum atomic E-state index is 13.0. The minimum atomic E-state index is -3.55. The van der Waals surface area contributed by atoms with Crippen LogP contribution in [0.15, 0.2) is 29.2 Å². The van der Waals surface area contributed by atoms with Gasteiger partial charge in [-0.05, 0) is 69.6 Å². The fourth-order valence-electron chi connectivity index (χ4n) is 4.04. The van der Waals surface area contributed by atoms with Gasteiger partial charge in [-0.3, -0.25) is 4.79 Å². The Labute approximate surface area is 157 Å². The molecule has 1 N–H and O–H groups in total. The van der Waals surface area contributed by atoms with Gasteiger partial charge >= 0.3 is 0 Å². The van der Waals surface area contributed by atoms with Crippen molar-refractivity contribution >= 4 is 15.9 Å². The Morgan fingerprint density at radius 1 is 1.08 bits per heavy atom. The molecule has 0 spiro atoms. The molecule has 1 heterocycles. The molecule has 26 heavy (non-hydrogen) atoms. The van der Waals surface area contributed by atoms with Gasteiger partial charge in [-0.2, -0.15) is 4.31 Å². The third-order valence-electron chi connectivity index (χ3n) is 5.80. The number of carbonyl (C=O) groups is 1. The summed E-state index contributed by atoms with van der Waals surface area (Å²) < 4.78 is 27.6. The minimum absolute atomic E-state index is 0.00969. The van der Waals surface area contributed by atoms with Crippen LogP contribution in [0.4, 0.5) is 0 Å². The molecule has 5 nitrogen and oxygen atoms in total. The second kappa shape index (κ2) is 8.09.